The standard InChI is InChI=1S/C22H44N2O2/c1-5-7-9-11-13-15-17-21(18-16-14-12-10-8-6-2)19-22(3,4)26-24-23-20-25/h19-20,24H,5-18H2,1-4H3,(H,23,25). The monoisotopic (exact) mass is 368 g/mol. The summed E-state index contributed by atoms with van der Waals surface area (Å²) < 4.78 is 0. The lowest BCUT2D eigenvalue weighted by atomic mass is 9.95. The maximum Gasteiger partial charge on any atom is 0.223 e. The summed E-state index contributed by atoms with van der Waals surface area (Å²) in [7, 11) is 0. The summed E-state index contributed by atoms with van der Waals surface area (Å²) in [4.78, 5) is 15.9. The fourth-order valence-corrected chi connectivity index (χ4v) is 3.24. The number of hydrogen-bond acceptors (Lipinski definition) is 3. The highest BCUT2D eigenvalue weighted by Crippen LogP contribution is 2.22. The van der Waals surface area contributed by atoms with Crippen molar-refractivity contribution in [2.75, 3.05) is 0 Å². The molecule has 0 bridgehead atoms. The number of nitrogens with one attached hydrogen (secondary N) is 2. The average Bonchev–Trinajstić information content (AvgIpc) is 2.60. The lowest BCUT2D eigenvalue weighted by Gasteiger charge is -2.23. The summed E-state index contributed by atoms with van der Waals surface area (Å²) in [6, 6.07) is 0. The Labute approximate surface area is 162 Å². The number of hydrogen-bond donors (Lipinski definition) is 2. The van der Waals surface area contributed by atoms with E-state index in [9.17, 15) is 4.79 Å². The lowest BCUT2D eigenvalue weighted by molar-refractivity contribution is -0.121. The normalized spacial score (nSPS) is 11.4. The van der Waals surface area contributed by atoms with Crippen LogP contribution in [0.1, 0.15) is 118 Å². The molecule has 0 aliphatic heterocycles. The van der Waals surface area contributed by atoms with Crippen molar-refractivity contribution in [2.24, 2.45) is 0 Å². The first-order chi connectivity index (χ1) is 12.6. The molecule has 0 aromatic heterocycles. The summed E-state index contributed by atoms with van der Waals surface area (Å²) in [6.07, 6.45) is 21.1. The van der Waals surface area contributed by atoms with Gasteiger partial charge in [-0.1, -0.05) is 89.7 Å². The fraction of sp³-hybridized carbons (Fsp3) is 0.864. The Bertz CT molecular complexity index is 336. The molecule has 0 rings (SSSR count). The van der Waals surface area contributed by atoms with Crippen molar-refractivity contribution < 1.29 is 9.63 Å². The Hall–Kier alpha value is -0.870. The third-order valence-corrected chi connectivity index (χ3v) is 4.69. The zero-order chi connectivity index (χ0) is 19.5. The van der Waals surface area contributed by atoms with E-state index < -0.39 is 5.60 Å². The van der Waals surface area contributed by atoms with Gasteiger partial charge >= 0.3 is 0 Å². The maximum absolute atomic E-state index is 10.3. The van der Waals surface area contributed by atoms with Crippen LogP contribution in [0.2, 0.25) is 0 Å². The number of amides is 1. The van der Waals surface area contributed by atoms with Crippen molar-refractivity contribution in [3.05, 3.63) is 11.6 Å². The van der Waals surface area contributed by atoms with Crippen molar-refractivity contribution >= 4 is 6.41 Å². The molecule has 4 nitrogen and oxygen atoms in total. The molecule has 0 aliphatic rings. The van der Waals surface area contributed by atoms with E-state index in [1.54, 1.807) is 0 Å². The molecule has 2 N–H and O–H groups in total. The van der Waals surface area contributed by atoms with Crippen LogP contribution in [0.4, 0.5) is 0 Å². The van der Waals surface area contributed by atoms with Gasteiger partial charge in [0.05, 0.1) is 0 Å². The first-order valence-corrected chi connectivity index (χ1v) is 10.9. The smallest absolute Gasteiger partial charge is 0.223 e. The number of allylic oxidation sites excluding steroid dienone is 1. The van der Waals surface area contributed by atoms with E-state index in [1.807, 2.05) is 13.8 Å². The third-order valence-electron chi connectivity index (χ3n) is 4.69. The summed E-state index contributed by atoms with van der Waals surface area (Å²) >= 11 is 0. The Balaban J connectivity index is 4.36. The molecular weight excluding hydrogens is 324 g/mol. The number of rotatable bonds is 19. The molecule has 154 valence electrons. The van der Waals surface area contributed by atoms with Crippen molar-refractivity contribution in [3.8, 4) is 0 Å². The molecule has 0 saturated heterocycles. The SMILES string of the molecule is CCCCCCCCC(=CC(C)(C)ONNC=O)CCCCCCCC. The van der Waals surface area contributed by atoms with Gasteiger partial charge in [-0.25, -0.2) is 0 Å². The predicted molar refractivity (Wildman–Crippen MR) is 112 cm³/mol. The van der Waals surface area contributed by atoms with Gasteiger partial charge in [0.25, 0.3) is 0 Å². The minimum Gasteiger partial charge on any atom is -0.277 e. The Kier molecular flexibility index (Phi) is 17.0. The zero-order valence-electron chi connectivity index (χ0n) is 17.9. The van der Waals surface area contributed by atoms with Gasteiger partial charge in [-0.05, 0) is 39.5 Å². The quantitative estimate of drug-likeness (QED) is 0.120. The van der Waals surface area contributed by atoms with Gasteiger partial charge < -0.3 is 0 Å². The second-order valence-electron chi connectivity index (χ2n) is 7.91. The topological polar surface area (TPSA) is 50.4 Å². The molecular formula is C22H44N2O2. The first-order valence-electron chi connectivity index (χ1n) is 10.9. The molecule has 0 aromatic carbocycles. The van der Waals surface area contributed by atoms with E-state index in [1.165, 1.54) is 82.6 Å². The van der Waals surface area contributed by atoms with Crippen LogP contribution in [0.25, 0.3) is 0 Å². The van der Waals surface area contributed by atoms with Crippen LogP contribution in [0, 0.1) is 0 Å². The largest absolute Gasteiger partial charge is 0.277 e. The predicted octanol–water partition coefficient (Wildman–Crippen LogP) is 6.37. The molecule has 0 radical (unpaired) electrons. The molecule has 0 fully saturated rings. The van der Waals surface area contributed by atoms with E-state index in [4.69, 9.17) is 4.84 Å². The second-order valence-corrected chi connectivity index (χ2v) is 7.91. The highest BCUT2D eigenvalue weighted by molar-refractivity contribution is 5.44. The molecule has 0 spiro atoms. The third kappa shape index (κ3) is 16.6. The Morgan fingerprint density at radius 3 is 1.73 bits per heavy atom. The van der Waals surface area contributed by atoms with E-state index in [0.717, 1.165) is 12.8 Å². The summed E-state index contributed by atoms with van der Waals surface area (Å²) in [6.45, 7) is 8.57. The van der Waals surface area contributed by atoms with Crippen LogP contribution < -0.4 is 11.0 Å². The second kappa shape index (κ2) is 17.5. The Morgan fingerprint density at radius 2 is 1.27 bits per heavy atom. The van der Waals surface area contributed by atoms with Crippen LogP contribution in [0.3, 0.4) is 0 Å². The molecule has 0 unspecified atom stereocenters. The van der Waals surface area contributed by atoms with Gasteiger partial charge in [0.15, 0.2) is 0 Å². The van der Waals surface area contributed by atoms with Gasteiger partial charge in [-0.2, -0.15) is 0 Å². The molecule has 0 heterocycles. The highest BCUT2D eigenvalue weighted by atomic mass is 16.7. The van der Waals surface area contributed by atoms with Gasteiger partial charge in [-0.15, -0.1) is 5.59 Å². The van der Waals surface area contributed by atoms with Crippen molar-refractivity contribution in [3.63, 3.8) is 0 Å². The lowest BCUT2D eigenvalue weighted by Crippen LogP contribution is -2.38. The molecule has 0 aliphatic carbocycles. The summed E-state index contributed by atoms with van der Waals surface area (Å²) in [5, 5.41) is 0. The van der Waals surface area contributed by atoms with Crippen LogP contribution >= 0.6 is 0 Å². The van der Waals surface area contributed by atoms with Crippen LogP contribution in [0.5, 0.6) is 0 Å². The molecule has 4 heteroatoms. The van der Waals surface area contributed by atoms with E-state index in [2.05, 4.69) is 30.9 Å². The minimum atomic E-state index is -0.435. The number of carbonyl (C=O) groups excluding carboxylic acids is 1. The highest BCUT2D eigenvalue weighted by Gasteiger charge is 2.17. The fourth-order valence-electron chi connectivity index (χ4n) is 3.24. The van der Waals surface area contributed by atoms with Crippen molar-refractivity contribution in [1.82, 2.24) is 11.0 Å². The van der Waals surface area contributed by atoms with Gasteiger partial charge in [-0.3, -0.25) is 15.1 Å². The van der Waals surface area contributed by atoms with Gasteiger partial charge in [0.2, 0.25) is 6.41 Å². The molecule has 26 heavy (non-hydrogen) atoms. The van der Waals surface area contributed by atoms with Gasteiger partial charge in [0.1, 0.15) is 5.60 Å². The van der Waals surface area contributed by atoms with E-state index in [-0.39, 0.29) is 0 Å². The maximum atomic E-state index is 10.3. The molecule has 0 saturated carbocycles. The van der Waals surface area contributed by atoms with Crippen LogP contribution in [0.15, 0.2) is 11.6 Å². The Morgan fingerprint density at radius 1 is 0.808 bits per heavy atom. The average molecular weight is 369 g/mol. The number of unbranched alkanes of at least 4 members (excludes halogenated alkanes) is 10. The number of hydrazine groups is 1. The van der Waals surface area contributed by atoms with Crippen molar-refractivity contribution in [1.29, 1.82) is 0 Å². The van der Waals surface area contributed by atoms with E-state index >= 15 is 0 Å². The number of carbonyl (C=O) groups is 1. The van der Waals surface area contributed by atoms with Crippen LogP contribution in [-0.2, 0) is 9.63 Å². The van der Waals surface area contributed by atoms with E-state index in [0.29, 0.717) is 6.41 Å². The van der Waals surface area contributed by atoms with Gasteiger partial charge in [0, 0.05) is 0 Å². The first kappa shape index (κ1) is 25.1. The molecule has 0 aromatic rings. The molecule has 0 atom stereocenters. The molecule has 1 amide bonds. The zero-order valence-corrected chi connectivity index (χ0v) is 17.9. The van der Waals surface area contributed by atoms with Crippen molar-refractivity contribution in [2.45, 2.75) is 123 Å². The van der Waals surface area contributed by atoms with Crippen LogP contribution in [-0.4, -0.2) is 12.0 Å². The minimum absolute atomic E-state index is 0.435. The summed E-state index contributed by atoms with van der Waals surface area (Å²) in [5.41, 5.74) is 5.90. The summed E-state index contributed by atoms with van der Waals surface area (Å²) in [5.74, 6) is 0.